The standard InChI is InChI=1S/C10H20O4/c1-7(2)13-10(14-8(3)4)6-5-9(11)12/h7-8,10H,5-6H2,1-4H3,(H,11,12). The number of rotatable bonds is 7. The molecular formula is C10H20O4. The van der Waals surface area contributed by atoms with Gasteiger partial charge in [0.15, 0.2) is 6.29 Å². The maximum atomic E-state index is 10.4. The minimum absolute atomic E-state index is 0.0487. The van der Waals surface area contributed by atoms with Crippen LogP contribution in [0.1, 0.15) is 40.5 Å². The summed E-state index contributed by atoms with van der Waals surface area (Å²) < 4.78 is 10.9. The van der Waals surface area contributed by atoms with Crippen molar-refractivity contribution in [2.24, 2.45) is 0 Å². The van der Waals surface area contributed by atoms with Gasteiger partial charge in [0.25, 0.3) is 0 Å². The van der Waals surface area contributed by atoms with E-state index in [9.17, 15) is 4.79 Å². The summed E-state index contributed by atoms with van der Waals surface area (Å²) in [5, 5.41) is 8.52. The monoisotopic (exact) mass is 204 g/mol. The van der Waals surface area contributed by atoms with Crippen LogP contribution in [0.3, 0.4) is 0 Å². The Bertz CT molecular complexity index is 156. The molecular weight excluding hydrogens is 184 g/mol. The topological polar surface area (TPSA) is 55.8 Å². The van der Waals surface area contributed by atoms with E-state index in [1.54, 1.807) is 0 Å². The highest BCUT2D eigenvalue weighted by Gasteiger charge is 2.14. The van der Waals surface area contributed by atoms with Gasteiger partial charge in [-0.1, -0.05) is 0 Å². The maximum absolute atomic E-state index is 10.4. The van der Waals surface area contributed by atoms with Crippen molar-refractivity contribution in [2.45, 2.75) is 59.0 Å². The van der Waals surface area contributed by atoms with Crippen LogP contribution in [0.25, 0.3) is 0 Å². The summed E-state index contributed by atoms with van der Waals surface area (Å²) >= 11 is 0. The summed E-state index contributed by atoms with van der Waals surface area (Å²) in [7, 11) is 0. The second kappa shape index (κ2) is 6.79. The fourth-order valence-electron chi connectivity index (χ4n) is 1.02. The molecule has 0 aliphatic rings. The van der Waals surface area contributed by atoms with Crippen LogP contribution >= 0.6 is 0 Å². The molecule has 0 unspecified atom stereocenters. The van der Waals surface area contributed by atoms with Crippen LogP contribution in [0.2, 0.25) is 0 Å². The summed E-state index contributed by atoms with van der Waals surface area (Å²) in [6, 6.07) is 0. The van der Waals surface area contributed by atoms with E-state index >= 15 is 0 Å². The number of hydrogen-bond acceptors (Lipinski definition) is 3. The molecule has 1 N–H and O–H groups in total. The van der Waals surface area contributed by atoms with Crippen LogP contribution in [0.4, 0.5) is 0 Å². The van der Waals surface area contributed by atoms with Crippen LogP contribution in [-0.4, -0.2) is 29.6 Å². The number of carbonyl (C=O) groups is 1. The maximum Gasteiger partial charge on any atom is 0.303 e. The molecule has 0 aliphatic heterocycles. The van der Waals surface area contributed by atoms with Gasteiger partial charge in [-0.25, -0.2) is 0 Å². The number of carboxylic acids is 1. The zero-order valence-electron chi connectivity index (χ0n) is 9.32. The third-order valence-corrected chi connectivity index (χ3v) is 1.44. The second-order valence-corrected chi connectivity index (χ2v) is 3.73. The highest BCUT2D eigenvalue weighted by Crippen LogP contribution is 2.10. The molecule has 0 saturated heterocycles. The van der Waals surface area contributed by atoms with Gasteiger partial charge in [-0.3, -0.25) is 4.79 Å². The van der Waals surface area contributed by atoms with Crippen molar-refractivity contribution in [3.8, 4) is 0 Å². The molecule has 0 amide bonds. The number of ether oxygens (including phenoxy) is 2. The van der Waals surface area contributed by atoms with Crippen LogP contribution in [0.15, 0.2) is 0 Å². The van der Waals surface area contributed by atoms with E-state index in [0.29, 0.717) is 6.42 Å². The summed E-state index contributed by atoms with van der Waals surface area (Å²) in [5.41, 5.74) is 0. The molecule has 0 spiro atoms. The molecule has 0 aromatic heterocycles. The smallest absolute Gasteiger partial charge is 0.303 e. The van der Waals surface area contributed by atoms with Gasteiger partial charge in [0.05, 0.1) is 18.6 Å². The molecule has 0 fully saturated rings. The van der Waals surface area contributed by atoms with Gasteiger partial charge in [-0.15, -0.1) is 0 Å². The van der Waals surface area contributed by atoms with Gasteiger partial charge in [0, 0.05) is 6.42 Å². The third-order valence-electron chi connectivity index (χ3n) is 1.44. The Kier molecular flexibility index (Phi) is 6.49. The van der Waals surface area contributed by atoms with Crippen LogP contribution in [-0.2, 0) is 14.3 Å². The van der Waals surface area contributed by atoms with E-state index < -0.39 is 12.3 Å². The van der Waals surface area contributed by atoms with Crippen LogP contribution in [0, 0.1) is 0 Å². The lowest BCUT2D eigenvalue weighted by Crippen LogP contribution is -2.25. The molecule has 14 heavy (non-hydrogen) atoms. The van der Waals surface area contributed by atoms with Crippen molar-refractivity contribution < 1.29 is 19.4 Å². The lowest BCUT2D eigenvalue weighted by atomic mass is 10.3. The number of aliphatic carboxylic acids is 1. The highest BCUT2D eigenvalue weighted by atomic mass is 16.7. The fraction of sp³-hybridized carbons (Fsp3) is 0.900. The first-order valence-corrected chi connectivity index (χ1v) is 4.94. The molecule has 0 radical (unpaired) electrons. The minimum Gasteiger partial charge on any atom is -0.481 e. The van der Waals surface area contributed by atoms with Crippen molar-refractivity contribution in [1.82, 2.24) is 0 Å². The van der Waals surface area contributed by atoms with Crippen molar-refractivity contribution in [3.05, 3.63) is 0 Å². The predicted octanol–water partition coefficient (Wildman–Crippen LogP) is 2.03. The van der Waals surface area contributed by atoms with Gasteiger partial charge < -0.3 is 14.6 Å². The van der Waals surface area contributed by atoms with E-state index in [0.717, 1.165) is 0 Å². The average Bonchev–Trinajstić information content (AvgIpc) is 1.97. The number of hydrogen-bond donors (Lipinski definition) is 1. The molecule has 0 aromatic rings. The Morgan fingerprint density at radius 3 is 1.86 bits per heavy atom. The summed E-state index contributed by atoms with van der Waals surface area (Å²) in [6.07, 6.45) is 0.154. The minimum atomic E-state index is -0.824. The molecule has 0 atom stereocenters. The van der Waals surface area contributed by atoms with Crippen molar-refractivity contribution in [1.29, 1.82) is 0 Å². The average molecular weight is 204 g/mol. The molecule has 0 bridgehead atoms. The Hall–Kier alpha value is -0.610. The SMILES string of the molecule is CC(C)OC(CCC(=O)O)OC(C)C. The Balaban J connectivity index is 3.90. The van der Waals surface area contributed by atoms with Gasteiger partial charge in [-0.2, -0.15) is 0 Å². The second-order valence-electron chi connectivity index (χ2n) is 3.73. The predicted molar refractivity (Wildman–Crippen MR) is 53.1 cm³/mol. The Morgan fingerprint density at radius 2 is 1.57 bits per heavy atom. The lowest BCUT2D eigenvalue weighted by molar-refractivity contribution is -0.186. The molecule has 0 saturated carbocycles. The lowest BCUT2D eigenvalue weighted by Gasteiger charge is -2.22. The quantitative estimate of drug-likeness (QED) is 0.645. The van der Waals surface area contributed by atoms with E-state index in [1.807, 2.05) is 27.7 Å². The van der Waals surface area contributed by atoms with Gasteiger partial charge in [0.2, 0.25) is 0 Å². The molecule has 4 nitrogen and oxygen atoms in total. The van der Waals surface area contributed by atoms with E-state index in [1.165, 1.54) is 0 Å². The molecule has 84 valence electrons. The van der Waals surface area contributed by atoms with E-state index in [4.69, 9.17) is 14.6 Å². The normalized spacial score (nSPS) is 11.6. The summed E-state index contributed by atoms with van der Waals surface area (Å²) in [4.78, 5) is 10.4. The zero-order chi connectivity index (χ0) is 11.1. The number of carboxylic acid groups (broad SMARTS) is 1. The van der Waals surface area contributed by atoms with E-state index in [2.05, 4.69) is 0 Å². The Labute approximate surface area is 85.2 Å². The molecule has 0 aromatic carbocycles. The van der Waals surface area contributed by atoms with Gasteiger partial charge >= 0.3 is 5.97 Å². The van der Waals surface area contributed by atoms with Gasteiger partial charge in [0.1, 0.15) is 0 Å². The highest BCUT2D eigenvalue weighted by molar-refractivity contribution is 5.66. The molecule has 0 rings (SSSR count). The van der Waals surface area contributed by atoms with Crippen molar-refractivity contribution >= 4 is 5.97 Å². The first kappa shape index (κ1) is 13.4. The van der Waals surface area contributed by atoms with Crippen molar-refractivity contribution in [3.63, 3.8) is 0 Å². The van der Waals surface area contributed by atoms with Crippen molar-refractivity contribution in [2.75, 3.05) is 0 Å². The van der Waals surface area contributed by atoms with Gasteiger partial charge in [-0.05, 0) is 27.7 Å². The first-order chi connectivity index (χ1) is 6.41. The third kappa shape index (κ3) is 8.01. The van der Waals surface area contributed by atoms with Crippen LogP contribution in [0.5, 0.6) is 0 Å². The summed E-state index contributed by atoms with van der Waals surface area (Å²) in [6.45, 7) is 7.60. The zero-order valence-corrected chi connectivity index (χ0v) is 9.32. The molecule has 4 heteroatoms. The van der Waals surface area contributed by atoms with E-state index in [-0.39, 0.29) is 18.6 Å². The van der Waals surface area contributed by atoms with Crippen LogP contribution < -0.4 is 0 Å². The Morgan fingerprint density at radius 1 is 1.14 bits per heavy atom. The largest absolute Gasteiger partial charge is 0.481 e. The molecule has 0 heterocycles. The fourth-order valence-corrected chi connectivity index (χ4v) is 1.02. The molecule has 0 aliphatic carbocycles. The first-order valence-electron chi connectivity index (χ1n) is 4.94. The summed E-state index contributed by atoms with van der Waals surface area (Å²) in [5.74, 6) is -0.824.